The number of para-hydroxylation sites is 1. The Hall–Kier alpha value is -6.96. The minimum absolute atomic E-state index is 0.458. The number of fused-ring (bicyclic) bond motifs is 20. The molecule has 13 rings (SSSR count). The Morgan fingerprint density at radius 2 is 0.727 bits per heavy atom. The molecule has 55 heavy (non-hydrogen) atoms. The van der Waals surface area contributed by atoms with E-state index >= 15 is 0 Å². The second kappa shape index (κ2) is 10.4. The predicted octanol–water partition coefficient (Wildman–Crippen LogP) is 13.3. The third-order valence-electron chi connectivity index (χ3n) is 13.1. The average Bonchev–Trinajstić information content (AvgIpc) is 3.82. The van der Waals surface area contributed by atoms with Crippen LogP contribution in [-0.2, 0) is 10.8 Å². The van der Waals surface area contributed by atoms with Crippen LogP contribution in [0.15, 0.2) is 194 Å². The molecule has 0 fully saturated rings. The van der Waals surface area contributed by atoms with Gasteiger partial charge in [-0.3, -0.25) is 0 Å². The normalized spacial score (nSPS) is 15.0. The molecule has 0 unspecified atom stereocenters. The first-order valence-corrected chi connectivity index (χ1v) is 19.3. The second-order valence-corrected chi connectivity index (χ2v) is 15.5. The minimum atomic E-state index is -0.558. The molecular formula is C54H32O. The maximum absolute atomic E-state index is 6.93. The molecular weight excluding hydrogens is 665 g/mol. The number of hydrogen-bond acceptors (Lipinski definition) is 1. The molecule has 1 nitrogen and oxygen atoms in total. The van der Waals surface area contributed by atoms with Gasteiger partial charge in [0, 0.05) is 11.1 Å². The Balaban J connectivity index is 1.15. The molecule has 254 valence electrons. The van der Waals surface area contributed by atoms with Crippen LogP contribution in [0.2, 0.25) is 0 Å². The SMILES string of the molecule is c1ccc2c(c1)Oc1cccc(-c3ccc4c(c3)C3(c5ccccc5-c5ccccc53)c3cc5ccccc5cc3-4)c1C21c2ccccc2-c2ccccc21. The maximum atomic E-state index is 6.93. The van der Waals surface area contributed by atoms with Crippen molar-refractivity contribution in [1.29, 1.82) is 0 Å². The van der Waals surface area contributed by atoms with Crippen LogP contribution in [0.5, 0.6) is 11.5 Å². The monoisotopic (exact) mass is 696 g/mol. The Kier molecular flexibility index (Phi) is 5.56. The second-order valence-electron chi connectivity index (χ2n) is 15.5. The third-order valence-corrected chi connectivity index (χ3v) is 13.1. The van der Waals surface area contributed by atoms with Gasteiger partial charge in [0.2, 0.25) is 0 Å². The van der Waals surface area contributed by atoms with Crippen LogP contribution in [0.1, 0.15) is 44.5 Å². The molecule has 1 aliphatic heterocycles. The zero-order chi connectivity index (χ0) is 35.9. The van der Waals surface area contributed by atoms with E-state index in [1.165, 1.54) is 99.8 Å². The Bertz CT molecular complexity index is 3050. The van der Waals surface area contributed by atoms with Crippen LogP contribution < -0.4 is 4.74 Å². The van der Waals surface area contributed by atoms with E-state index in [1.54, 1.807) is 0 Å². The zero-order valence-corrected chi connectivity index (χ0v) is 29.9. The fourth-order valence-corrected chi connectivity index (χ4v) is 11.1. The highest BCUT2D eigenvalue weighted by Gasteiger charge is 2.54. The van der Waals surface area contributed by atoms with E-state index in [2.05, 4.69) is 194 Å². The number of rotatable bonds is 1. The summed E-state index contributed by atoms with van der Waals surface area (Å²) >= 11 is 0. The smallest absolute Gasteiger partial charge is 0.132 e. The molecule has 3 aliphatic carbocycles. The summed E-state index contributed by atoms with van der Waals surface area (Å²) in [6.07, 6.45) is 0. The number of hydrogen-bond donors (Lipinski definition) is 0. The van der Waals surface area contributed by atoms with Crippen molar-refractivity contribution in [3.63, 3.8) is 0 Å². The molecule has 9 aromatic rings. The van der Waals surface area contributed by atoms with Crippen LogP contribution >= 0.6 is 0 Å². The highest BCUT2D eigenvalue weighted by molar-refractivity contribution is 6.01. The Labute approximate surface area is 319 Å². The first kappa shape index (κ1) is 29.5. The zero-order valence-electron chi connectivity index (χ0n) is 29.9. The van der Waals surface area contributed by atoms with Crippen molar-refractivity contribution in [3.8, 4) is 56.0 Å². The van der Waals surface area contributed by atoms with Gasteiger partial charge >= 0.3 is 0 Å². The van der Waals surface area contributed by atoms with Gasteiger partial charge < -0.3 is 4.74 Å². The average molecular weight is 697 g/mol. The van der Waals surface area contributed by atoms with E-state index in [-0.39, 0.29) is 0 Å². The molecule has 9 aromatic carbocycles. The lowest BCUT2D eigenvalue weighted by atomic mass is 9.64. The lowest BCUT2D eigenvalue weighted by Gasteiger charge is -2.40. The van der Waals surface area contributed by atoms with Crippen molar-refractivity contribution in [3.05, 3.63) is 239 Å². The van der Waals surface area contributed by atoms with Crippen molar-refractivity contribution in [2.45, 2.75) is 10.8 Å². The molecule has 0 amide bonds. The topological polar surface area (TPSA) is 9.23 Å². The summed E-state index contributed by atoms with van der Waals surface area (Å²) < 4.78 is 6.93. The van der Waals surface area contributed by atoms with Crippen LogP contribution in [0.25, 0.3) is 55.3 Å². The number of benzene rings is 9. The molecule has 0 bridgehead atoms. The van der Waals surface area contributed by atoms with Gasteiger partial charge in [-0.1, -0.05) is 164 Å². The lowest BCUT2D eigenvalue weighted by Crippen LogP contribution is -2.33. The van der Waals surface area contributed by atoms with Gasteiger partial charge in [0.15, 0.2) is 0 Å². The van der Waals surface area contributed by atoms with Crippen molar-refractivity contribution in [2.24, 2.45) is 0 Å². The third kappa shape index (κ3) is 3.46. The summed E-state index contributed by atoms with van der Waals surface area (Å²) in [5.41, 5.74) is 19.6. The van der Waals surface area contributed by atoms with Gasteiger partial charge in [0.25, 0.3) is 0 Å². The molecule has 1 heteroatoms. The van der Waals surface area contributed by atoms with E-state index in [4.69, 9.17) is 4.74 Å². The van der Waals surface area contributed by atoms with Gasteiger partial charge in [0.1, 0.15) is 11.5 Å². The van der Waals surface area contributed by atoms with E-state index in [1.807, 2.05) is 0 Å². The summed E-state index contributed by atoms with van der Waals surface area (Å²) in [6, 6.07) is 72.5. The first-order chi connectivity index (χ1) is 27.3. The molecule has 0 radical (unpaired) electrons. The van der Waals surface area contributed by atoms with Crippen LogP contribution in [-0.4, -0.2) is 0 Å². The van der Waals surface area contributed by atoms with E-state index in [0.29, 0.717) is 0 Å². The molecule has 0 saturated carbocycles. The molecule has 1 heterocycles. The van der Waals surface area contributed by atoms with Gasteiger partial charge in [0.05, 0.1) is 10.8 Å². The van der Waals surface area contributed by atoms with Gasteiger partial charge in [-0.15, -0.1) is 0 Å². The fraction of sp³-hybridized carbons (Fsp3) is 0.0370. The largest absolute Gasteiger partial charge is 0.457 e. The minimum Gasteiger partial charge on any atom is -0.457 e. The first-order valence-electron chi connectivity index (χ1n) is 19.3. The Morgan fingerprint density at radius 1 is 0.273 bits per heavy atom. The van der Waals surface area contributed by atoms with Gasteiger partial charge in [-0.05, 0) is 119 Å². The molecule has 0 atom stereocenters. The van der Waals surface area contributed by atoms with E-state index in [0.717, 1.165) is 11.5 Å². The number of ether oxygens (including phenoxy) is 1. The van der Waals surface area contributed by atoms with Crippen LogP contribution in [0.4, 0.5) is 0 Å². The summed E-state index contributed by atoms with van der Waals surface area (Å²) in [6.45, 7) is 0. The van der Waals surface area contributed by atoms with E-state index in [9.17, 15) is 0 Å². The highest BCUT2D eigenvalue weighted by atomic mass is 16.5. The standard InChI is InChI=1S/C54H32O/c1-2-15-34-31-49-42(30-33(34)14-1)41-29-28-35(32-48(41)53(49)43-21-7-3-16-37(43)38-17-4-8-22-44(38)53)36-20-13-27-51-52(36)54(47-25-11-12-26-50(47)55-51)45-23-9-5-18-39(45)40-19-6-10-24-46(40)54/h1-32H. The van der Waals surface area contributed by atoms with Crippen molar-refractivity contribution >= 4 is 10.8 Å². The summed E-state index contributed by atoms with van der Waals surface area (Å²) in [4.78, 5) is 0. The van der Waals surface area contributed by atoms with Crippen molar-refractivity contribution in [2.75, 3.05) is 0 Å². The van der Waals surface area contributed by atoms with Crippen molar-refractivity contribution in [1.82, 2.24) is 0 Å². The predicted molar refractivity (Wildman–Crippen MR) is 223 cm³/mol. The lowest BCUT2D eigenvalue weighted by molar-refractivity contribution is 0.437. The van der Waals surface area contributed by atoms with Crippen molar-refractivity contribution < 1.29 is 4.74 Å². The van der Waals surface area contributed by atoms with Gasteiger partial charge in [-0.2, -0.15) is 0 Å². The molecule has 0 aromatic heterocycles. The molecule has 4 aliphatic rings. The highest BCUT2D eigenvalue weighted by Crippen LogP contribution is 2.66. The van der Waals surface area contributed by atoms with E-state index < -0.39 is 10.8 Å². The summed E-state index contributed by atoms with van der Waals surface area (Å²) in [7, 11) is 0. The fourth-order valence-electron chi connectivity index (χ4n) is 11.1. The van der Waals surface area contributed by atoms with Crippen LogP contribution in [0.3, 0.4) is 0 Å². The van der Waals surface area contributed by atoms with Crippen LogP contribution in [0, 0.1) is 0 Å². The summed E-state index contributed by atoms with van der Waals surface area (Å²) in [5, 5.41) is 2.53. The quantitative estimate of drug-likeness (QED) is 0.166. The summed E-state index contributed by atoms with van der Waals surface area (Å²) in [5.74, 6) is 1.82. The molecule has 2 spiro atoms. The van der Waals surface area contributed by atoms with Gasteiger partial charge in [-0.25, -0.2) is 0 Å². The molecule has 0 N–H and O–H groups in total. The molecule has 0 saturated heterocycles. The Morgan fingerprint density at radius 3 is 1.36 bits per heavy atom. The maximum Gasteiger partial charge on any atom is 0.132 e.